The number of unbranched alkanes of at least 4 members (excludes halogenated alkanes) is 1. The minimum absolute atomic E-state index is 0.00349. The number of carboxylic acids is 3. The number of benzene rings is 1. The van der Waals surface area contributed by atoms with Crippen molar-refractivity contribution in [3.8, 4) is 0 Å². The predicted molar refractivity (Wildman–Crippen MR) is 258 cm³/mol. The fourth-order valence-corrected chi connectivity index (χ4v) is 7.13. The summed E-state index contributed by atoms with van der Waals surface area (Å²) in [6.07, 6.45) is -1.26. The Hall–Kier alpha value is -6.69. The predicted octanol–water partition coefficient (Wildman–Crippen LogP) is -1.09. The third-order valence-corrected chi connectivity index (χ3v) is 11.7. The minimum atomic E-state index is -1.75. The molecule has 10 atom stereocenters. The zero-order valence-electron chi connectivity index (χ0n) is 41.5. The van der Waals surface area contributed by atoms with Gasteiger partial charge in [-0.25, -0.2) is 4.79 Å². The summed E-state index contributed by atoms with van der Waals surface area (Å²) in [5.41, 5.74) is 17.5. The van der Waals surface area contributed by atoms with Crippen LogP contribution in [0.4, 0.5) is 0 Å². The SMILES string of the molecule is CC[C@H](C)C(NC(=O)C(NC(=O)[C@@H](N)CCC(=O)O)[C@@H](C)CC)C(=O)N[C@@H](CC(N)=O)C(=O)N[C@@H](Cc1ccccc1)C(=O)N[C@@H](CCC(=O)O)C(=O)N[C@@H](CCCCN)C(=O)N[C@@H](CC(C)C)C(=O)O. The van der Waals surface area contributed by atoms with Crippen molar-refractivity contribution in [2.45, 2.75) is 167 Å². The van der Waals surface area contributed by atoms with Crippen molar-refractivity contribution in [2.24, 2.45) is 35.0 Å². The van der Waals surface area contributed by atoms with Crippen LogP contribution in [0.15, 0.2) is 30.3 Å². The van der Waals surface area contributed by atoms with Gasteiger partial charge in [-0.2, -0.15) is 0 Å². The average Bonchev–Trinajstić information content (AvgIpc) is 3.30. The van der Waals surface area contributed by atoms with Gasteiger partial charge < -0.3 is 69.7 Å². The lowest BCUT2D eigenvalue weighted by Crippen LogP contribution is -2.62. The van der Waals surface area contributed by atoms with E-state index < -0.39 is 151 Å². The van der Waals surface area contributed by atoms with Crippen LogP contribution in [0.2, 0.25) is 0 Å². The van der Waals surface area contributed by atoms with Gasteiger partial charge in [-0.05, 0) is 68.4 Å². The first-order chi connectivity index (χ1) is 33.3. The summed E-state index contributed by atoms with van der Waals surface area (Å²) in [6, 6.07) is -3.23. The molecule has 24 heteroatoms. The topological polar surface area (TPSA) is 411 Å². The molecule has 0 spiro atoms. The van der Waals surface area contributed by atoms with Gasteiger partial charge in [0.15, 0.2) is 0 Å². The van der Waals surface area contributed by atoms with Crippen LogP contribution in [0, 0.1) is 17.8 Å². The lowest BCUT2D eigenvalue weighted by Gasteiger charge is -2.30. The highest BCUT2D eigenvalue weighted by Gasteiger charge is 2.37. The van der Waals surface area contributed by atoms with Gasteiger partial charge in [-0.1, -0.05) is 84.7 Å². The zero-order valence-corrected chi connectivity index (χ0v) is 41.5. The number of amides is 8. The van der Waals surface area contributed by atoms with Gasteiger partial charge in [0, 0.05) is 19.3 Å². The van der Waals surface area contributed by atoms with E-state index in [0.29, 0.717) is 31.2 Å². The molecule has 0 bridgehead atoms. The first-order valence-corrected chi connectivity index (χ1v) is 23.9. The maximum absolute atomic E-state index is 14.2. The molecule has 0 saturated heterocycles. The summed E-state index contributed by atoms with van der Waals surface area (Å²) in [4.78, 5) is 144. The smallest absolute Gasteiger partial charge is 0.326 e. The number of carbonyl (C=O) groups excluding carboxylic acids is 8. The Morgan fingerprint density at radius 1 is 0.535 bits per heavy atom. The number of nitrogens with one attached hydrogen (secondary N) is 7. The van der Waals surface area contributed by atoms with E-state index in [-0.39, 0.29) is 38.1 Å². The number of hydrogen-bond acceptors (Lipinski definition) is 13. The molecule has 0 aliphatic heterocycles. The number of carbonyl (C=O) groups is 11. The zero-order chi connectivity index (χ0) is 54.0. The molecule has 71 heavy (non-hydrogen) atoms. The fraction of sp³-hybridized carbons (Fsp3) is 0.638. The van der Waals surface area contributed by atoms with Crippen LogP contribution in [0.25, 0.3) is 0 Å². The number of aliphatic carboxylic acids is 3. The van der Waals surface area contributed by atoms with E-state index >= 15 is 0 Å². The van der Waals surface area contributed by atoms with Crippen LogP contribution in [-0.2, 0) is 59.2 Å². The molecule has 1 aromatic rings. The maximum atomic E-state index is 14.2. The van der Waals surface area contributed by atoms with Crippen molar-refractivity contribution in [1.82, 2.24) is 37.2 Å². The Labute approximate surface area is 413 Å². The van der Waals surface area contributed by atoms with E-state index in [1.54, 1.807) is 71.9 Å². The quantitative estimate of drug-likeness (QED) is 0.0359. The molecule has 8 amide bonds. The summed E-state index contributed by atoms with van der Waals surface area (Å²) in [6.45, 7) is 10.5. The Balaban J connectivity index is 3.59. The molecular formula is C47H76N10O14. The third-order valence-electron chi connectivity index (χ3n) is 11.7. The number of nitrogens with two attached hydrogens (primary N) is 3. The second-order valence-corrected chi connectivity index (χ2v) is 18.1. The Morgan fingerprint density at radius 3 is 1.45 bits per heavy atom. The highest BCUT2D eigenvalue weighted by Crippen LogP contribution is 2.15. The summed E-state index contributed by atoms with van der Waals surface area (Å²) >= 11 is 0. The minimum Gasteiger partial charge on any atom is -0.481 e. The van der Waals surface area contributed by atoms with Crippen LogP contribution in [0.3, 0.4) is 0 Å². The number of primary amides is 1. The van der Waals surface area contributed by atoms with Crippen molar-refractivity contribution in [3.05, 3.63) is 35.9 Å². The lowest BCUT2D eigenvalue weighted by molar-refractivity contribution is -0.143. The summed E-state index contributed by atoms with van der Waals surface area (Å²) in [5.74, 6) is -12.6. The largest absolute Gasteiger partial charge is 0.481 e. The van der Waals surface area contributed by atoms with Gasteiger partial charge in [0.25, 0.3) is 0 Å². The molecule has 1 rings (SSSR count). The summed E-state index contributed by atoms with van der Waals surface area (Å²) in [7, 11) is 0. The molecule has 1 aromatic carbocycles. The van der Waals surface area contributed by atoms with Gasteiger partial charge in [0.1, 0.15) is 42.3 Å². The second kappa shape index (κ2) is 32.2. The Kier molecular flexibility index (Phi) is 28.3. The van der Waals surface area contributed by atoms with Crippen LogP contribution in [0.5, 0.6) is 0 Å². The molecule has 0 heterocycles. The molecule has 0 aliphatic rings. The summed E-state index contributed by atoms with van der Waals surface area (Å²) in [5, 5.41) is 45.9. The van der Waals surface area contributed by atoms with Gasteiger partial charge in [-0.15, -0.1) is 0 Å². The van der Waals surface area contributed by atoms with Crippen molar-refractivity contribution in [1.29, 1.82) is 0 Å². The molecule has 0 saturated carbocycles. The van der Waals surface area contributed by atoms with Crippen LogP contribution >= 0.6 is 0 Å². The molecule has 2 unspecified atom stereocenters. The van der Waals surface area contributed by atoms with E-state index in [1.807, 2.05) is 0 Å². The van der Waals surface area contributed by atoms with E-state index in [4.69, 9.17) is 22.3 Å². The van der Waals surface area contributed by atoms with Gasteiger partial charge >= 0.3 is 17.9 Å². The van der Waals surface area contributed by atoms with Crippen LogP contribution in [-0.4, -0.2) is 135 Å². The molecule has 0 radical (unpaired) electrons. The van der Waals surface area contributed by atoms with Gasteiger partial charge in [0.05, 0.1) is 12.5 Å². The van der Waals surface area contributed by atoms with Crippen molar-refractivity contribution >= 4 is 65.2 Å². The Bertz CT molecular complexity index is 1970. The molecule has 0 aliphatic carbocycles. The van der Waals surface area contributed by atoms with Crippen molar-refractivity contribution in [3.63, 3.8) is 0 Å². The summed E-state index contributed by atoms with van der Waals surface area (Å²) < 4.78 is 0. The van der Waals surface area contributed by atoms with Crippen molar-refractivity contribution < 1.29 is 68.1 Å². The molecule has 398 valence electrons. The van der Waals surface area contributed by atoms with Crippen LogP contribution < -0.4 is 54.4 Å². The van der Waals surface area contributed by atoms with E-state index in [9.17, 15) is 63.0 Å². The van der Waals surface area contributed by atoms with Gasteiger partial charge in [-0.3, -0.25) is 47.9 Å². The third kappa shape index (κ3) is 23.7. The fourth-order valence-electron chi connectivity index (χ4n) is 7.13. The molecule has 0 fully saturated rings. The van der Waals surface area contributed by atoms with Crippen LogP contribution in [0.1, 0.15) is 118 Å². The number of rotatable bonds is 35. The highest BCUT2D eigenvalue weighted by molar-refractivity contribution is 5.99. The van der Waals surface area contributed by atoms with Gasteiger partial charge in [0.2, 0.25) is 47.3 Å². The number of hydrogen-bond donors (Lipinski definition) is 13. The normalized spacial score (nSPS) is 15.3. The first-order valence-electron chi connectivity index (χ1n) is 23.9. The van der Waals surface area contributed by atoms with E-state index in [0.717, 1.165) is 0 Å². The second-order valence-electron chi connectivity index (χ2n) is 18.1. The Morgan fingerprint density at radius 2 is 0.972 bits per heavy atom. The standard InChI is InChI=1S/C47H76N10O14/c1-7-26(5)38(57-46(69)39(27(6)8-2)56-40(63)29(49)17-19-36(59)60)45(68)54-33(24-35(50)58)44(67)53-32(23-28-14-10-9-11-15-28)43(66)52-31(18-20-37(61)62)42(65)51-30(16-12-13-21-48)41(64)55-34(47(70)71)22-25(3)4/h9-11,14-15,25-27,29-34,38-39H,7-8,12-13,16-24,48-49H2,1-6H3,(H2,50,58)(H,51,65)(H,52,66)(H,53,67)(H,54,68)(H,55,64)(H,56,63)(H,57,69)(H,59,60)(H,61,62)(H,70,71)/t26-,27-,29-,30-,31-,32-,33-,34-,38?,39?/m0/s1. The number of carboxylic acid groups (broad SMARTS) is 3. The maximum Gasteiger partial charge on any atom is 0.326 e. The highest BCUT2D eigenvalue weighted by atomic mass is 16.4. The van der Waals surface area contributed by atoms with E-state index in [2.05, 4.69) is 37.2 Å². The molecule has 16 N–H and O–H groups in total. The van der Waals surface area contributed by atoms with Crippen molar-refractivity contribution in [2.75, 3.05) is 6.54 Å². The molecular weight excluding hydrogens is 929 g/mol. The van der Waals surface area contributed by atoms with E-state index in [1.165, 1.54) is 0 Å². The first kappa shape index (κ1) is 62.3. The lowest BCUT2D eigenvalue weighted by atomic mass is 9.94. The molecule has 0 aromatic heterocycles. The average molecular weight is 1010 g/mol. The molecule has 24 nitrogen and oxygen atoms in total. The monoisotopic (exact) mass is 1000 g/mol.